The maximum Gasteiger partial charge on any atom is 0.197 e. The number of aromatic nitrogens is 1. The highest BCUT2D eigenvalue weighted by Gasteiger charge is 2.35. The van der Waals surface area contributed by atoms with Crippen LogP contribution in [0.5, 0.6) is 5.75 Å². The monoisotopic (exact) mass is 296 g/mol. The first-order valence-corrected chi connectivity index (χ1v) is 8.31. The Kier molecular flexibility index (Phi) is 4.03. The molecule has 0 spiro atoms. The van der Waals surface area contributed by atoms with Gasteiger partial charge in [-0.15, -0.1) is 0 Å². The number of ether oxygens (including phenoxy) is 1. The van der Waals surface area contributed by atoms with Gasteiger partial charge in [0.25, 0.3) is 0 Å². The number of nitrogens with zero attached hydrogens (tertiary/aromatic N) is 3. The zero-order valence-corrected chi connectivity index (χ0v) is 13.2. The minimum Gasteiger partial charge on any atom is -0.487 e. The average Bonchev–Trinajstić information content (AvgIpc) is 2.81. The van der Waals surface area contributed by atoms with Gasteiger partial charge in [-0.2, -0.15) is 4.37 Å². The number of likely N-dealkylation sites (tertiary alicyclic amines) is 1. The normalized spacial score (nSPS) is 27.4. The van der Waals surface area contributed by atoms with Crippen LogP contribution in [-0.4, -0.2) is 48.6 Å². The van der Waals surface area contributed by atoms with Crippen molar-refractivity contribution in [3.63, 3.8) is 0 Å². The van der Waals surface area contributed by atoms with Crippen LogP contribution in [0.1, 0.15) is 26.2 Å². The average molecular weight is 296 g/mol. The number of fused-ring (bicyclic) bond motifs is 1. The lowest BCUT2D eigenvalue weighted by Crippen LogP contribution is -2.52. The Bertz CT molecular complexity index is 464. The lowest BCUT2D eigenvalue weighted by atomic mass is 9.84. The summed E-state index contributed by atoms with van der Waals surface area (Å²) in [4.78, 5) is 4.97. The topological polar surface area (TPSA) is 54.6 Å². The van der Waals surface area contributed by atoms with Gasteiger partial charge in [-0.05, 0) is 57.2 Å². The molecule has 2 atom stereocenters. The molecule has 3 heterocycles. The molecule has 20 heavy (non-hydrogen) atoms. The predicted octanol–water partition coefficient (Wildman–Crippen LogP) is 2.04. The van der Waals surface area contributed by atoms with E-state index < -0.39 is 0 Å². The molecule has 0 amide bonds. The van der Waals surface area contributed by atoms with Crippen LogP contribution in [0.4, 0.5) is 10.8 Å². The Morgan fingerprint density at radius 2 is 2.25 bits per heavy atom. The Balaban J connectivity index is 1.76. The van der Waals surface area contributed by atoms with E-state index in [-0.39, 0.29) is 0 Å². The molecule has 0 bridgehead atoms. The first-order valence-electron chi connectivity index (χ1n) is 7.53. The van der Waals surface area contributed by atoms with Crippen LogP contribution in [0.2, 0.25) is 0 Å². The van der Waals surface area contributed by atoms with Crippen LogP contribution >= 0.6 is 11.5 Å². The molecule has 5 nitrogen and oxygen atoms in total. The molecule has 2 N–H and O–H groups in total. The molecule has 0 radical (unpaired) electrons. The highest BCUT2D eigenvalue weighted by Crippen LogP contribution is 2.41. The smallest absolute Gasteiger partial charge is 0.197 e. The molecule has 1 aromatic rings. The molecule has 0 aromatic carbocycles. The van der Waals surface area contributed by atoms with Crippen LogP contribution in [0, 0.1) is 5.92 Å². The minimum absolute atomic E-state index is 0.537. The van der Waals surface area contributed by atoms with Gasteiger partial charge in [0, 0.05) is 19.1 Å². The zero-order chi connectivity index (χ0) is 14.1. The summed E-state index contributed by atoms with van der Waals surface area (Å²) < 4.78 is 9.96. The Morgan fingerprint density at radius 1 is 1.40 bits per heavy atom. The molecule has 6 heteroatoms. The molecule has 2 unspecified atom stereocenters. The SMILES string of the molecule is CCOc1c(N)nsc1N1CCC2C(CCCN2C)C1. The molecule has 2 fully saturated rings. The second kappa shape index (κ2) is 5.77. The molecule has 2 aliphatic heterocycles. The first-order chi connectivity index (χ1) is 9.70. The summed E-state index contributed by atoms with van der Waals surface area (Å²) in [5.41, 5.74) is 5.93. The summed E-state index contributed by atoms with van der Waals surface area (Å²) in [6.45, 7) is 6.06. The second-order valence-corrected chi connectivity index (χ2v) is 6.57. The number of anilines is 2. The Labute approximate surface area is 124 Å². The third kappa shape index (κ3) is 2.46. The van der Waals surface area contributed by atoms with E-state index in [1.165, 1.54) is 37.3 Å². The van der Waals surface area contributed by atoms with E-state index in [4.69, 9.17) is 10.5 Å². The molecule has 0 saturated carbocycles. The number of rotatable bonds is 3. The number of nitrogen functional groups attached to an aromatic ring is 1. The van der Waals surface area contributed by atoms with Crippen LogP contribution in [-0.2, 0) is 0 Å². The molecule has 2 aliphatic rings. The van der Waals surface area contributed by atoms with Crippen molar-refractivity contribution in [2.24, 2.45) is 5.92 Å². The van der Waals surface area contributed by atoms with Gasteiger partial charge in [-0.3, -0.25) is 0 Å². The molecular weight excluding hydrogens is 272 g/mol. The fourth-order valence-electron chi connectivity index (χ4n) is 3.60. The van der Waals surface area contributed by atoms with E-state index in [9.17, 15) is 0 Å². The van der Waals surface area contributed by atoms with E-state index >= 15 is 0 Å². The van der Waals surface area contributed by atoms with Crippen molar-refractivity contribution in [1.29, 1.82) is 0 Å². The van der Waals surface area contributed by atoms with Crippen LogP contribution < -0.4 is 15.4 Å². The molecule has 2 saturated heterocycles. The van der Waals surface area contributed by atoms with Gasteiger partial charge in [0.05, 0.1) is 6.61 Å². The maximum atomic E-state index is 5.93. The maximum absolute atomic E-state index is 5.93. The highest BCUT2D eigenvalue weighted by atomic mass is 32.1. The van der Waals surface area contributed by atoms with Gasteiger partial charge in [0.1, 0.15) is 0 Å². The minimum atomic E-state index is 0.537. The summed E-state index contributed by atoms with van der Waals surface area (Å²) >= 11 is 1.48. The third-order valence-electron chi connectivity index (χ3n) is 4.58. The summed E-state index contributed by atoms with van der Waals surface area (Å²) in [6, 6.07) is 0.751. The van der Waals surface area contributed by atoms with Gasteiger partial charge in [-0.25, -0.2) is 0 Å². The summed E-state index contributed by atoms with van der Waals surface area (Å²) in [6.07, 6.45) is 3.88. The largest absolute Gasteiger partial charge is 0.487 e. The lowest BCUT2D eigenvalue weighted by molar-refractivity contribution is 0.102. The molecule has 1 aromatic heterocycles. The van der Waals surface area contributed by atoms with Crippen molar-refractivity contribution in [2.45, 2.75) is 32.2 Å². The molecule has 3 rings (SSSR count). The van der Waals surface area contributed by atoms with E-state index in [1.54, 1.807) is 0 Å². The quantitative estimate of drug-likeness (QED) is 0.925. The number of piperidine rings is 2. The highest BCUT2D eigenvalue weighted by molar-refractivity contribution is 7.11. The van der Waals surface area contributed by atoms with Gasteiger partial charge < -0.3 is 20.3 Å². The van der Waals surface area contributed by atoms with Crippen LogP contribution in [0.25, 0.3) is 0 Å². The fraction of sp³-hybridized carbons (Fsp3) is 0.786. The van der Waals surface area contributed by atoms with Crippen LogP contribution in [0.15, 0.2) is 0 Å². The Morgan fingerprint density at radius 3 is 3.05 bits per heavy atom. The predicted molar refractivity (Wildman–Crippen MR) is 83.7 cm³/mol. The van der Waals surface area contributed by atoms with E-state index in [2.05, 4.69) is 21.2 Å². The van der Waals surface area contributed by atoms with Gasteiger partial charge in [-0.1, -0.05) is 0 Å². The molecular formula is C14H24N4OS. The lowest BCUT2D eigenvalue weighted by Gasteiger charge is -2.46. The van der Waals surface area contributed by atoms with Crippen molar-refractivity contribution in [2.75, 3.05) is 43.9 Å². The van der Waals surface area contributed by atoms with Gasteiger partial charge >= 0.3 is 0 Å². The van der Waals surface area contributed by atoms with E-state index in [0.717, 1.165) is 35.8 Å². The fourth-order valence-corrected chi connectivity index (χ4v) is 4.40. The summed E-state index contributed by atoms with van der Waals surface area (Å²) in [7, 11) is 2.27. The number of hydrogen-bond donors (Lipinski definition) is 1. The summed E-state index contributed by atoms with van der Waals surface area (Å²) in [5.74, 6) is 2.09. The second-order valence-electron chi connectivity index (χ2n) is 5.82. The van der Waals surface area contributed by atoms with Crippen molar-refractivity contribution in [3.05, 3.63) is 0 Å². The standard InChI is InChI=1S/C14H24N4OS/c1-3-19-12-13(15)16-20-14(12)18-8-6-11-10(9-18)5-4-7-17(11)2/h10-11H,3-9H2,1-2H3,(H2,15,16). The third-order valence-corrected chi connectivity index (χ3v) is 5.48. The molecule has 0 aliphatic carbocycles. The van der Waals surface area contributed by atoms with Gasteiger partial charge in [0.15, 0.2) is 16.6 Å². The van der Waals surface area contributed by atoms with E-state index in [0.29, 0.717) is 12.4 Å². The van der Waals surface area contributed by atoms with Gasteiger partial charge in [0.2, 0.25) is 0 Å². The summed E-state index contributed by atoms with van der Waals surface area (Å²) in [5, 5.41) is 1.12. The van der Waals surface area contributed by atoms with Crippen molar-refractivity contribution < 1.29 is 4.74 Å². The molecule has 112 valence electrons. The van der Waals surface area contributed by atoms with Crippen molar-refractivity contribution >= 4 is 22.4 Å². The Hall–Kier alpha value is -1.01. The van der Waals surface area contributed by atoms with Crippen molar-refractivity contribution in [1.82, 2.24) is 9.27 Å². The zero-order valence-electron chi connectivity index (χ0n) is 12.3. The number of hydrogen-bond acceptors (Lipinski definition) is 6. The van der Waals surface area contributed by atoms with E-state index in [1.807, 2.05) is 6.92 Å². The van der Waals surface area contributed by atoms with Crippen molar-refractivity contribution in [3.8, 4) is 5.75 Å². The first kappa shape index (κ1) is 13.9. The van der Waals surface area contributed by atoms with Crippen LogP contribution in [0.3, 0.4) is 0 Å². The number of nitrogens with two attached hydrogens (primary N) is 1.